The molecule has 1 aromatic carbocycles. The maximum Gasteiger partial charge on any atom is 0.417 e. The quantitative estimate of drug-likeness (QED) is 0.824. The fourth-order valence-electron chi connectivity index (χ4n) is 2.75. The second-order valence-corrected chi connectivity index (χ2v) is 6.37. The van der Waals surface area contributed by atoms with E-state index in [1.165, 1.54) is 6.07 Å². The predicted octanol–water partition coefficient (Wildman–Crippen LogP) is 2.30. The summed E-state index contributed by atoms with van der Waals surface area (Å²) in [5.74, 6) is -0.369. The molecule has 0 spiro atoms. The van der Waals surface area contributed by atoms with E-state index in [2.05, 4.69) is 10.2 Å². The lowest BCUT2D eigenvalue weighted by Gasteiger charge is -2.37. The summed E-state index contributed by atoms with van der Waals surface area (Å²) in [6.07, 6.45) is -4.58. The minimum absolute atomic E-state index is 0.0625. The van der Waals surface area contributed by atoms with Gasteiger partial charge in [0.1, 0.15) is 0 Å². The smallest absolute Gasteiger partial charge is 0.395 e. The van der Waals surface area contributed by atoms with Crippen LogP contribution in [0.1, 0.15) is 12.5 Å². The average Bonchev–Trinajstić information content (AvgIpc) is 2.56. The van der Waals surface area contributed by atoms with E-state index in [9.17, 15) is 18.0 Å². The van der Waals surface area contributed by atoms with Gasteiger partial charge in [0.25, 0.3) is 0 Å². The first kappa shape index (κ1) is 20.0. The summed E-state index contributed by atoms with van der Waals surface area (Å²) in [7, 11) is 0. The van der Waals surface area contributed by atoms with Crippen LogP contribution in [-0.2, 0) is 11.0 Å². The average molecular weight is 380 g/mol. The number of alkyl halides is 3. The van der Waals surface area contributed by atoms with Crippen molar-refractivity contribution in [3.8, 4) is 0 Å². The number of amides is 1. The molecule has 1 unspecified atom stereocenters. The monoisotopic (exact) mass is 379 g/mol. The lowest BCUT2D eigenvalue weighted by Crippen LogP contribution is -2.53. The zero-order chi connectivity index (χ0) is 18.6. The van der Waals surface area contributed by atoms with Gasteiger partial charge in [0.2, 0.25) is 5.91 Å². The first-order chi connectivity index (χ1) is 11.7. The largest absolute Gasteiger partial charge is 0.417 e. The molecule has 0 saturated carbocycles. The Morgan fingerprint density at radius 3 is 2.52 bits per heavy atom. The van der Waals surface area contributed by atoms with Crippen LogP contribution in [0.5, 0.6) is 0 Å². The van der Waals surface area contributed by atoms with Gasteiger partial charge in [0, 0.05) is 38.4 Å². The topological polar surface area (TPSA) is 55.8 Å². The minimum Gasteiger partial charge on any atom is -0.395 e. The van der Waals surface area contributed by atoms with Gasteiger partial charge in [-0.25, -0.2) is 0 Å². The molecule has 2 N–H and O–H groups in total. The maximum atomic E-state index is 12.9. The van der Waals surface area contributed by atoms with Crippen LogP contribution in [0.4, 0.5) is 18.9 Å². The van der Waals surface area contributed by atoms with Crippen molar-refractivity contribution in [2.45, 2.75) is 19.1 Å². The van der Waals surface area contributed by atoms with Crippen LogP contribution in [0.3, 0.4) is 0 Å². The summed E-state index contributed by atoms with van der Waals surface area (Å²) in [6, 6.07) is 2.84. The highest BCUT2D eigenvalue weighted by molar-refractivity contribution is 6.31. The number of halogens is 4. The van der Waals surface area contributed by atoms with Crippen molar-refractivity contribution in [2.75, 3.05) is 44.6 Å². The summed E-state index contributed by atoms with van der Waals surface area (Å²) >= 11 is 5.58. The molecule has 0 aliphatic carbocycles. The molecule has 2 rings (SSSR count). The second-order valence-electron chi connectivity index (χ2n) is 5.96. The van der Waals surface area contributed by atoms with Gasteiger partial charge in [-0.3, -0.25) is 14.6 Å². The zero-order valence-corrected chi connectivity index (χ0v) is 14.6. The van der Waals surface area contributed by atoms with Crippen LogP contribution in [0.15, 0.2) is 18.2 Å². The van der Waals surface area contributed by atoms with Crippen molar-refractivity contribution in [3.63, 3.8) is 0 Å². The number of carbonyl (C=O) groups is 1. The van der Waals surface area contributed by atoms with Crippen LogP contribution in [0, 0.1) is 0 Å². The van der Waals surface area contributed by atoms with Crippen molar-refractivity contribution in [1.29, 1.82) is 0 Å². The number of piperazine rings is 1. The molecule has 5 nitrogen and oxygen atoms in total. The highest BCUT2D eigenvalue weighted by Gasteiger charge is 2.33. The molecule has 140 valence electrons. The lowest BCUT2D eigenvalue weighted by molar-refractivity contribution is -0.137. The van der Waals surface area contributed by atoms with Gasteiger partial charge in [0.15, 0.2) is 0 Å². The number of nitrogens with zero attached hydrogens (tertiary/aromatic N) is 2. The van der Waals surface area contributed by atoms with Gasteiger partial charge in [-0.05, 0) is 25.1 Å². The Morgan fingerprint density at radius 2 is 1.96 bits per heavy atom. The molecule has 25 heavy (non-hydrogen) atoms. The Labute approximate surface area is 149 Å². The Morgan fingerprint density at radius 1 is 1.32 bits per heavy atom. The molecule has 0 bridgehead atoms. The van der Waals surface area contributed by atoms with Gasteiger partial charge in [-0.2, -0.15) is 13.2 Å². The third-order valence-electron chi connectivity index (χ3n) is 4.29. The van der Waals surface area contributed by atoms with E-state index in [-0.39, 0.29) is 18.2 Å². The number of benzene rings is 1. The summed E-state index contributed by atoms with van der Waals surface area (Å²) in [4.78, 5) is 16.4. The van der Waals surface area contributed by atoms with E-state index < -0.39 is 22.8 Å². The van der Waals surface area contributed by atoms with Gasteiger partial charge in [-0.15, -0.1) is 0 Å². The van der Waals surface area contributed by atoms with Crippen LogP contribution < -0.4 is 5.32 Å². The molecular weight excluding hydrogens is 359 g/mol. The predicted molar refractivity (Wildman–Crippen MR) is 89.6 cm³/mol. The normalized spacial score (nSPS) is 18.2. The van der Waals surface area contributed by atoms with E-state index in [1.54, 1.807) is 6.92 Å². The Bertz CT molecular complexity index is 605. The van der Waals surface area contributed by atoms with Gasteiger partial charge >= 0.3 is 6.18 Å². The van der Waals surface area contributed by atoms with E-state index in [0.717, 1.165) is 25.2 Å². The number of rotatable bonds is 5. The summed E-state index contributed by atoms with van der Waals surface area (Å²) < 4.78 is 38.7. The highest BCUT2D eigenvalue weighted by atomic mass is 35.5. The number of carbonyl (C=O) groups excluding carboxylic acids is 1. The van der Waals surface area contributed by atoms with Crippen LogP contribution in [0.25, 0.3) is 0 Å². The van der Waals surface area contributed by atoms with Crippen molar-refractivity contribution >= 4 is 23.2 Å². The number of hydrogen-bond donors (Lipinski definition) is 2. The Kier molecular flexibility index (Phi) is 6.67. The number of β-amino-alcohol motifs (C(OH)–C–C–N with tert-alkyl or cyclic N) is 1. The number of hydrogen-bond acceptors (Lipinski definition) is 4. The minimum atomic E-state index is -4.58. The molecule has 1 amide bonds. The standard InChI is InChI=1S/C16H21ClF3N3O2/c1-11(23-6-4-22(5-7-23)8-9-24)15(25)21-12-2-3-14(17)13(10-12)16(18,19)20/h2-3,10-11,24H,4-9H2,1H3,(H,21,25). The van der Waals surface area contributed by atoms with E-state index in [0.29, 0.717) is 19.6 Å². The molecule has 0 radical (unpaired) electrons. The second kappa shape index (κ2) is 8.35. The highest BCUT2D eigenvalue weighted by Crippen LogP contribution is 2.36. The fourth-order valence-corrected chi connectivity index (χ4v) is 2.97. The number of nitrogens with one attached hydrogen (secondary N) is 1. The van der Waals surface area contributed by atoms with Crippen molar-refractivity contribution in [3.05, 3.63) is 28.8 Å². The molecule has 1 aromatic rings. The first-order valence-corrected chi connectivity index (χ1v) is 8.35. The molecule has 0 aromatic heterocycles. The maximum absolute atomic E-state index is 12.9. The number of anilines is 1. The molecule has 9 heteroatoms. The van der Waals surface area contributed by atoms with E-state index >= 15 is 0 Å². The summed E-state index contributed by atoms with van der Waals surface area (Å²) in [6.45, 7) is 5.19. The molecule has 1 atom stereocenters. The molecule has 1 aliphatic heterocycles. The van der Waals surface area contributed by atoms with Crippen molar-refractivity contribution < 1.29 is 23.1 Å². The van der Waals surface area contributed by atoms with Crippen molar-refractivity contribution in [1.82, 2.24) is 9.80 Å². The van der Waals surface area contributed by atoms with Gasteiger partial charge in [-0.1, -0.05) is 11.6 Å². The number of aliphatic hydroxyl groups is 1. The molecule has 1 heterocycles. The Hall–Kier alpha value is -1.35. The molecule has 1 aliphatic rings. The molecular formula is C16H21ClF3N3O2. The summed E-state index contributed by atoms with van der Waals surface area (Å²) in [5.41, 5.74) is -0.912. The van der Waals surface area contributed by atoms with E-state index in [4.69, 9.17) is 16.7 Å². The fraction of sp³-hybridized carbons (Fsp3) is 0.562. The van der Waals surface area contributed by atoms with Crippen LogP contribution in [0.2, 0.25) is 5.02 Å². The third kappa shape index (κ3) is 5.31. The van der Waals surface area contributed by atoms with Crippen molar-refractivity contribution in [2.24, 2.45) is 0 Å². The molecule has 1 fully saturated rings. The molecule has 1 saturated heterocycles. The van der Waals surface area contributed by atoms with E-state index in [1.807, 2.05) is 4.90 Å². The number of aliphatic hydroxyl groups excluding tert-OH is 1. The van der Waals surface area contributed by atoms with Gasteiger partial charge < -0.3 is 10.4 Å². The zero-order valence-electron chi connectivity index (χ0n) is 13.8. The SMILES string of the molecule is CC(C(=O)Nc1ccc(Cl)c(C(F)(F)F)c1)N1CCN(CCO)CC1. The Balaban J connectivity index is 1.98. The summed E-state index contributed by atoms with van der Waals surface area (Å²) in [5, 5.41) is 11.1. The lowest BCUT2D eigenvalue weighted by atomic mass is 10.1. The third-order valence-corrected chi connectivity index (χ3v) is 4.62. The van der Waals surface area contributed by atoms with Crippen LogP contribution >= 0.6 is 11.6 Å². The van der Waals surface area contributed by atoms with Gasteiger partial charge in [0.05, 0.1) is 23.2 Å². The van der Waals surface area contributed by atoms with Crippen LogP contribution in [-0.4, -0.2) is 66.2 Å². The first-order valence-electron chi connectivity index (χ1n) is 7.97.